The number of hydrogen-bond donors (Lipinski definition) is 2. The zero-order valence-electron chi connectivity index (χ0n) is 20.1. The second-order valence-corrected chi connectivity index (χ2v) is 8.53. The largest absolute Gasteiger partial charge is 0.493 e. The number of amides is 2. The van der Waals surface area contributed by atoms with Gasteiger partial charge in [-0.1, -0.05) is 18.5 Å². The van der Waals surface area contributed by atoms with Crippen molar-refractivity contribution in [2.75, 3.05) is 57.7 Å². The van der Waals surface area contributed by atoms with Crippen molar-refractivity contribution in [2.24, 2.45) is 0 Å². The van der Waals surface area contributed by atoms with E-state index in [1.165, 1.54) is 21.3 Å². The van der Waals surface area contributed by atoms with E-state index in [1.54, 1.807) is 18.2 Å². The predicted molar refractivity (Wildman–Crippen MR) is 140 cm³/mol. The Kier molecular flexibility index (Phi) is 9.00. The molecule has 2 amide bonds. The van der Waals surface area contributed by atoms with Gasteiger partial charge in [0.2, 0.25) is 11.7 Å². The van der Waals surface area contributed by atoms with Gasteiger partial charge in [-0.05, 0) is 42.5 Å². The number of anilines is 2. The second-order valence-electron chi connectivity index (χ2n) is 7.71. The summed E-state index contributed by atoms with van der Waals surface area (Å²) >= 11 is 11.8. The summed E-state index contributed by atoms with van der Waals surface area (Å²) < 4.78 is 15.9. The van der Waals surface area contributed by atoms with Gasteiger partial charge in [-0.3, -0.25) is 14.9 Å². The molecule has 0 radical (unpaired) electrons. The van der Waals surface area contributed by atoms with Gasteiger partial charge in [0.05, 0.1) is 32.0 Å². The molecule has 1 saturated heterocycles. The highest BCUT2D eigenvalue weighted by Crippen LogP contribution is 2.38. The molecule has 11 heteroatoms. The summed E-state index contributed by atoms with van der Waals surface area (Å²) in [5.74, 6) is 0.831. The lowest BCUT2D eigenvalue weighted by Gasteiger charge is -2.36. The molecular weight excluding hydrogens is 492 g/mol. The first-order valence-electron chi connectivity index (χ1n) is 11.1. The molecule has 2 aromatic carbocycles. The molecule has 9 nitrogen and oxygen atoms in total. The van der Waals surface area contributed by atoms with Crippen molar-refractivity contribution in [3.8, 4) is 17.2 Å². The maximum Gasteiger partial charge on any atom is 0.257 e. The average molecular weight is 521 g/mol. The molecule has 0 aliphatic carbocycles. The van der Waals surface area contributed by atoms with Crippen LogP contribution in [0.1, 0.15) is 23.7 Å². The van der Waals surface area contributed by atoms with Crippen LogP contribution in [0.15, 0.2) is 30.3 Å². The number of halogens is 1. The maximum absolute atomic E-state index is 12.8. The number of thiocarbonyl (C=S) groups is 1. The van der Waals surface area contributed by atoms with E-state index in [4.69, 9.17) is 38.0 Å². The van der Waals surface area contributed by atoms with Crippen molar-refractivity contribution in [1.82, 2.24) is 10.2 Å². The Morgan fingerprint density at radius 3 is 2.14 bits per heavy atom. The number of benzene rings is 2. The average Bonchev–Trinajstić information content (AvgIpc) is 2.87. The summed E-state index contributed by atoms with van der Waals surface area (Å²) in [7, 11) is 4.44. The second kappa shape index (κ2) is 11.9. The molecule has 1 heterocycles. The molecule has 188 valence electrons. The molecule has 0 atom stereocenters. The Bertz CT molecular complexity index is 1080. The highest BCUT2D eigenvalue weighted by atomic mass is 35.5. The van der Waals surface area contributed by atoms with Crippen LogP contribution in [-0.2, 0) is 4.79 Å². The molecule has 2 N–H and O–H groups in total. The molecule has 1 fully saturated rings. The third kappa shape index (κ3) is 6.26. The molecule has 35 heavy (non-hydrogen) atoms. The smallest absolute Gasteiger partial charge is 0.257 e. The number of hydrogen-bond acceptors (Lipinski definition) is 7. The standard InChI is InChI=1S/C24H29ClN4O5S/c1-5-21(30)29-10-8-28(9-11-29)18-7-6-16(14-17(18)25)26-24(35)27-23(31)15-12-19(32-2)22(34-4)20(13-15)33-3/h6-7,12-14H,5,8-11H2,1-4H3,(H2,26,27,31,35). The summed E-state index contributed by atoms with van der Waals surface area (Å²) in [5.41, 5.74) is 1.81. The van der Waals surface area contributed by atoms with Gasteiger partial charge in [-0.2, -0.15) is 0 Å². The predicted octanol–water partition coefficient (Wildman–Crippen LogP) is 3.55. The molecule has 3 rings (SSSR count). The lowest BCUT2D eigenvalue weighted by atomic mass is 10.1. The fourth-order valence-corrected chi connectivity index (χ4v) is 4.32. The molecule has 1 aliphatic heterocycles. The van der Waals surface area contributed by atoms with Crippen LogP contribution in [-0.4, -0.2) is 69.3 Å². The molecule has 0 saturated carbocycles. The Labute approximate surface area is 215 Å². The van der Waals surface area contributed by atoms with Gasteiger partial charge in [-0.25, -0.2) is 0 Å². The third-order valence-electron chi connectivity index (χ3n) is 5.64. The molecule has 1 aliphatic rings. The van der Waals surface area contributed by atoms with Crippen LogP contribution >= 0.6 is 23.8 Å². The molecule has 0 aromatic heterocycles. The highest BCUT2D eigenvalue weighted by molar-refractivity contribution is 7.80. The van der Waals surface area contributed by atoms with Gasteiger partial charge >= 0.3 is 0 Å². The fourth-order valence-electron chi connectivity index (χ4n) is 3.81. The van der Waals surface area contributed by atoms with E-state index in [2.05, 4.69) is 15.5 Å². The van der Waals surface area contributed by atoms with Crippen molar-refractivity contribution < 1.29 is 23.8 Å². The minimum Gasteiger partial charge on any atom is -0.493 e. The Hall–Kier alpha value is -3.24. The summed E-state index contributed by atoms with van der Waals surface area (Å²) in [4.78, 5) is 28.7. The molecule has 0 spiro atoms. The molecular formula is C24H29ClN4O5S. The van der Waals surface area contributed by atoms with Gasteiger partial charge in [0.1, 0.15) is 0 Å². The molecule has 0 unspecified atom stereocenters. The maximum atomic E-state index is 12.8. The van der Waals surface area contributed by atoms with Crippen molar-refractivity contribution in [2.45, 2.75) is 13.3 Å². The van der Waals surface area contributed by atoms with Crippen LogP contribution in [0, 0.1) is 0 Å². The number of ether oxygens (including phenoxy) is 3. The van der Waals surface area contributed by atoms with Gasteiger partial charge in [0.15, 0.2) is 16.6 Å². The van der Waals surface area contributed by atoms with Crippen molar-refractivity contribution >= 4 is 52.1 Å². The summed E-state index contributed by atoms with van der Waals surface area (Å²) in [6, 6.07) is 8.56. The van der Waals surface area contributed by atoms with Crippen LogP contribution in [0.25, 0.3) is 0 Å². The van der Waals surface area contributed by atoms with Crippen molar-refractivity contribution in [3.05, 3.63) is 40.9 Å². The first kappa shape index (κ1) is 26.4. The van der Waals surface area contributed by atoms with Crippen LogP contribution in [0.4, 0.5) is 11.4 Å². The number of methoxy groups -OCH3 is 3. The number of nitrogens with zero attached hydrogens (tertiary/aromatic N) is 2. The van der Waals surface area contributed by atoms with E-state index < -0.39 is 5.91 Å². The topological polar surface area (TPSA) is 92.4 Å². The Balaban J connectivity index is 1.63. The number of piperazine rings is 1. The van der Waals surface area contributed by atoms with Crippen molar-refractivity contribution in [1.29, 1.82) is 0 Å². The van der Waals surface area contributed by atoms with Crippen LogP contribution in [0.2, 0.25) is 5.02 Å². The van der Waals surface area contributed by atoms with Gasteiger partial charge in [0, 0.05) is 43.9 Å². The highest BCUT2D eigenvalue weighted by Gasteiger charge is 2.22. The van der Waals surface area contributed by atoms with E-state index in [-0.39, 0.29) is 16.6 Å². The fraction of sp³-hybridized carbons (Fsp3) is 0.375. The first-order chi connectivity index (χ1) is 16.8. The summed E-state index contributed by atoms with van der Waals surface area (Å²) in [6.07, 6.45) is 0.511. The first-order valence-corrected chi connectivity index (χ1v) is 11.8. The van der Waals surface area contributed by atoms with Gasteiger partial charge < -0.3 is 29.3 Å². The van der Waals surface area contributed by atoms with Gasteiger partial charge in [0.25, 0.3) is 5.91 Å². The molecule has 0 bridgehead atoms. The van der Waals surface area contributed by atoms with Crippen molar-refractivity contribution in [3.63, 3.8) is 0 Å². The number of rotatable bonds is 7. The zero-order valence-corrected chi connectivity index (χ0v) is 21.7. The summed E-state index contributed by atoms with van der Waals surface area (Å²) in [6.45, 7) is 4.62. The van der Waals surface area contributed by atoms with Crippen LogP contribution < -0.4 is 29.7 Å². The normalized spacial score (nSPS) is 13.2. The minimum absolute atomic E-state index is 0.110. The van der Waals surface area contributed by atoms with Crippen LogP contribution in [0.3, 0.4) is 0 Å². The lowest BCUT2D eigenvalue weighted by molar-refractivity contribution is -0.131. The minimum atomic E-state index is -0.441. The quantitative estimate of drug-likeness (QED) is 0.535. The SMILES string of the molecule is CCC(=O)N1CCN(c2ccc(NC(=S)NC(=O)c3cc(OC)c(OC)c(OC)c3)cc2Cl)CC1. The number of carbonyl (C=O) groups is 2. The number of nitrogens with one attached hydrogen (secondary N) is 2. The molecule has 2 aromatic rings. The van der Waals surface area contributed by atoms with E-state index in [0.29, 0.717) is 60.6 Å². The van der Waals surface area contributed by atoms with E-state index in [0.717, 1.165) is 5.69 Å². The monoisotopic (exact) mass is 520 g/mol. The Morgan fingerprint density at radius 2 is 1.63 bits per heavy atom. The third-order valence-corrected chi connectivity index (χ3v) is 6.14. The van der Waals surface area contributed by atoms with Crippen LogP contribution in [0.5, 0.6) is 17.2 Å². The van der Waals surface area contributed by atoms with E-state index in [1.807, 2.05) is 24.0 Å². The van der Waals surface area contributed by atoms with Gasteiger partial charge in [-0.15, -0.1) is 0 Å². The zero-order chi connectivity index (χ0) is 25.5. The summed E-state index contributed by atoms with van der Waals surface area (Å²) in [5, 5.41) is 6.28. The lowest BCUT2D eigenvalue weighted by Crippen LogP contribution is -2.48. The van der Waals surface area contributed by atoms with E-state index in [9.17, 15) is 9.59 Å². The number of carbonyl (C=O) groups excluding carboxylic acids is 2. The Morgan fingerprint density at radius 1 is 1.00 bits per heavy atom. The van der Waals surface area contributed by atoms with E-state index >= 15 is 0 Å².